The molecule has 0 spiro atoms. The van der Waals surface area contributed by atoms with Crippen molar-refractivity contribution < 1.29 is 27.0 Å². The van der Waals surface area contributed by atoms with E-state index in [0.717, 1.165) is 11.3 Å². The summed E-state index contributed by atoms with van der Waals surface area (Å²) in [5, 5.41) is 4.34. The van der Waals surface area contributed by atoms with E-state index in [4.69, 9.17) is 18.6 Å². The van der Waals surface area contributed by atoms with Gasteiger partial charge in [-0.05, 0) is 106 Å². The summed E-state index contributed by atoms with van der Waals surface area (Å²) in [6.07, 6.45) is 1.14. The first kappa shape index (κ1) is 29.6. The van der Waals surface area contributed by atoms with E-state index >= 15 is 0 Å². The molecule has 4 rings (SSSR count). The fourth-order valence-electron chi connectivity index (χ4n) is 5.81. The van der Waals surface area contributed by atoms with E-state index in [2.05, 4.69) is 16.9 Å². The molecule has 0 aromatic heterocycles. The summed E-state index contributed by atoms with van der Waals surface area (Å²) in [6, 6.07) is 3.74. The number of aryl methyl sites for hydroxylation is 3. The number of nitrogens with zero attached hydrogens (tertiary/aromatic N) is 1. The first-order chi connectivity index (χ1) is 17.1. The van der Waals surface area contributed by atoms with Crippen LogP contribution >= 0.6 is 0 Å². The van der Waals surface area contributed by atoms with Crippen LogP contribution in [-0.2, 0) is 28.6 Å². The van der Waals surface area contributed by atoms with Crippen LogP contribution in [0.15, 0.2) is 22.1 Å². The van der Waals surface area contributed by atoms with Crippen molar-refractivity contribution in [3.05, 3.63) is 28.8 Å². The van der Waals surface area contributed by atoms with E-state index in [9.17, 15) is 8.42 Å². The molecule has 2 saturated heterocycles. The molecule has 0 atom stereocenters. The van der Waals surface area contributed by atoms with Gasteiger partial charge in [-0.3, -0.25) is 0 Å². The van der Waals surface area contributed by atoms with Gasteiger partial charge in [0, 0.05) is 11.4 Å². The average Bonchev–Trinajstić information content (AvgIpc) is 3.02. The van der Waals surface area contributed by atoms with Crippen molar-refractivity contribution in [1.82, 2.24) is 4.83 Å². The van der Waals surface area contributed by atoms with Gasteiger partial charge in [-0.25, -0.2) is 4.83 Å². The van der Waals surface area contributed by atoms with Gasteiger partial charge in [0.15, 0.2) is 0 Å². The van der Waals surface area contributed by atoms with Crippen LogP contribution in [0.2, 0.25) is 5.72 Å². The highest BCUT2D eigenvalue weighted by Gasteiger charge is 2.67. The molecular formula is C27H44B2N2O6S. The number of hydrazone groups is 1. The summed E-state index contributed by atoms with van der Waals surface area (Å²) in [5.41, 5.74) is 0.612. The van der Waals surface area contributed by atoms with Crippen LogP contribution in [0, 0.1) is 26.2 Å². The standard InChI is InChI=1S/C27H44B2N2O6S/c1-17-13-18(2)21(19(3)14-17)38(32,33)31-30-20-15-27(12,16-20)22(28-34-23(4,5)24(6,7)35-28)29-36-25(8,9)26(10,11)37-29/h13-14,22,31H,15-16H2,1-12H3. The molecule has 0 bridgehead atoms. The van der Waals surface area contributed by atoms with Crippen molar-refractivity contribution >= 4 is 30.0 Å². The lowest BCUT2D eigenvalue weighted by molar-refractivity contribution is 0.00578. The third kappa shape index (κ3) is 4.98. The molecule has 2 heterocycles. The van der Waals surface area contributed by atoms with Crippen LogP contribution in [0.4, 0.5) is 0 Å². The summed E-state index contributed by atoms with van der Waals surface area (Å²) in [5.74, 6) is 0. The Morgan fingerprint density at radius 2 is 1.13 bits per heavy atom. The molecule has 38 heavy (non-hydrogen) atoms. The predicted octanol–water partition coefficient (Wildman–Crippen LogP) is 5.14. The molecule has 1 saturated carbocycles. The molecule has 11 heteroatoms. The molecule has 1 aromatic carbocycles. The van der Waals surface area contributed by atoms with Gasteiger partial charge in [-0.1, -0.05) is 24.6 Å². The molecule has 0 amide bonds. The van der Waals surface area contributed by atoms with Crippen LogP contribution in [-0.4, -0.2) is 50.8 Å². The van der Waals surface area contributed by atoms with Crippen molar-refractivity contribution in [3.8, 4) is 0 Å². The van der Waals surface area contributed by atoms with E-state index in [1.807, 2.05) is 88.3 Å². The Morgan fingerprint density at radius 1 is 0.763 bits per heavy atom. The molecular weight excluding hydrogens is 502 g/mol. The van der Waals surface area contributed by atoms with E-state index in [0.29, 0.717) is 24.0 Å². The van der Waals surface area contributed by atoms with Crippen LogP contribution in [0.5, 0.6) is 0 Å². The highest BCUT2D eigenvalue weighted by atomic mass is 32.2. The SMILES string of the molecule is Cc1cc(C)c(S(=O)(=O)NN=C2CC(C)(C(B3OC(C)(C)C(C)(C)O3)B3OC(C)(C)C(C)(C)O3)C2)c(C)c1. The molecule has 0 unspecified atom stereocenters. The summed E-state index contributed by atoms with van der Waals surface area (Å²) >= 11 is 0. The second-order valence-electron chi connectivity index (χ2n) is 13.8. The van der Waals surface area contributed by atoms with Crippen LogP contribution < -0.4 is 4.83 Å². The zero-order valence-corrected chi connectivity index (χ0v) is 25.9. The van der Waals surface area contributed by atoms with Gasteiger partial charge in [-0.2, -0.15) is 13.5 Å². The first-order valence-corrected chi connectivity index (χ1v) is 15.0. The number of rotatable bonds is 6. The Hall–Kier alpha value is -1.39. The lowest BCUT2D eigenvalue weighted by Crippen LogP contribution is -2.53. The number of hydrogen-bond acceptors (Lipinski definition) is 7. The third-order valence-corrected chi connectivity index (χ3v) is 10.9. The van der Waals surface area contributed by atoms with Gasteiger partial charge in [-0.15, -0.1) is 0 Å². The quantitative estimate of drug-likeness (QED) is 0.392. The van der Waals surface area contributed by atoms with Gasteiger partial charge in [0.2, 0.25) is 0 Å². The predicted molar refractivity (Wildman–Crippen MR) is 152 cm³/mol. The molecule has 1 aromatic rings. The van der Waals surface area contributed by atoms with Crippen molar-refractivity contribution in [2.75, 3.05) is 0 Å². The summed E-state index contributed by atoms with van der Waals surface area (Å²) < 4.78 is 52.3. The third-order valence-electron chi connectivity index (χ3n) is 9.35. The van der Waals surface area contributed by atoms with E-state index < -0.39 is 46.7 Å². The minimum Gasteiger partial charge on any atom is -0.403 e. The molecule has 3 aliphatic rings. The fourth-order valence-corrected chi connectivity index (χ4v) is 7.12. The topological polar surface area (TPSA) is 95.5 Å². The van der Waals surface area contributed by atoms with Gasteiger partial charge in [0.1, 0.15) is 0 Å². The van der Waals surface area contributed by atoms with Crippen LogP contribution in [0.1, 0.15) is 91.8 Å². The number of nitrogens with one attached hydrogen (secondary N) is 1. The first-order valence-electron chi connectivity index (χ1n) is 13.5. The Balaban J connectivity index is 1.58. The molecule has 2 aliphatic heterocycles. The molecule has 0 radical (unpaired) electrons. The molecule has 210 valence electrons. The maximum atomic E-state index is 13.1. The van der Waals surface area contributed by atoms with Crippen LogP contribution in [0.25, 0.3) is 0 Å². The molecule has 1 N–H and O–H groups in total. The average molecular weight is 546 g/mol. The summed E-state index contributed by atoms with van der Waals surface area (Å²) in [4.78, 5) is 2.76. The van der Waals surface area contributed by atoms with E-state index in [1.54, 1.807) is 0 Å². The van der Waals surface area contributed by atoms with E-state index in [1.165, 1.54) is 0 Å². The Labute approximate surface area is 229 Å². The van der Waals surface area contributed by atoms with Gasteiger partial charge in [0.05, 0.1) is 27.3 Å². The van der Waals surface area contributed by atoms with Gasteiger partial charge >= 0.3 is 14.2 Å². The Morgan fingerprint density at radius 3 is 1.50 bits per heavy atom. The monoisotopic (exact) mass is 546 g/mol. The zero-order chi connectivity index (χ0) is 28.7. The van der Waals surface area contributed by atoms with E-state index in [-0.39, 0.29) is 16.0 Å². The number of benzene rings is 1. The highest BCUT2D eigenvalue weighted by Crippen LogP contribution is 2.57. The lowest BCUT2D eigenvalue weighted by Gasteiger charge is -2.46. The summed E-state index contributed by atoms with van der Waals surface area (Å²) in [6.45, 7) is 24.0. The molecule has 1 aliphatic carbocycles. The Kier molecular flexibility index (Phi) is 7.06. The van der Waals surface area contributed by atoms with Crippen molar-refractivity contribution in [1.29, 1.82) is 0 Å². The fraction of sp³-hybridized carbons (Fsp3) is 0.741. The van der Waals surface area contributed by atoms with Crippen molar-refractivity contribution in [2.45, 2.75) is 129 Å². The zero-order valence-electron chi connectivity index (χ0n) is 25.1. The maximum Gasteiger partial charge on any atom is 0.459 e. The number of hydrogen-bond donors (Lipinski definition) is 1. The summed E-state index contributed by atoms with van der Waals surface area (Å²) in [7, 11) is -4.89. The second kappa shape index (κ2) is 9.06. The van der Waals surface area contributed by atoms with Crippen molar-refractivity contribution in [2.24, 2.45) is 10.5 Å². The Bertz CT molecular complexity index is 1160. The maximum absolute atomic E-state index is 13.1. The minimum atomic E-state index is -3.80. The number of sulfonamides is 1. The van der Waals surface area contributed by atoms with Gasteiger partial charge < -0.3 is 18.6 Å². The van der Waals surface area contributed by atoms with Crippen LogP contribution in [0.3, 0.4) is 0 Å². The minimum absolute atomic E-state index is 0.248. The largest absolute Gasteiger partial charge is 0.459 e. The second-order valence-corrected chi connectivity index (χ2v) is 15.4. The lowest BCUT2D eigenvalue weighted by atomic mass is 9.37. The smallest absolute Gasteiger partial charge is 0.403 e. The molecule has 8 nitrogen and oxygen atoms in total. The normalized spacial score (nSPS) is 27.6. The van der Waals surface area contributed by atoms with Crippen molar-refractivity contribution in [3.63, 3.8) is 0 Å². The highest BCUT2D eigenvalue weighted by molar-refractivity contribution is 7.89. The van der Waals surface area contributed by atoms with Gasteiger partial charge in [0.25, 0.3) is 10.0 Å². The molecule has 3 fully saturated rings.